The van der Waals surface area contributed by atoms with E-state index in [-0.39, 0.29) is 0 Å². The molecule has 3 aromatic heterocycles. The van der Waals surface area contributed by atoms with E-state index in [0.717, 1.165) is 33.2 Å². The van der Waals surface area contributed by atoms with Crippen molar-refractivity contribution in [2.45, 2.75) is 0 Å². The monoisotopic (exact) mass is 800 g/mol. The van der Waals surface area contributed by atoms with E-state index in [9.17, 15) is 0 Å². The molecule has 14 rings (SSSR count). The lowest BCUT2D eigenvalue weighted by Gasteiger charge is -2.16. The molecule has 3 heteroatoms. The highest BCUT2D eigenvalue weighted by atomic mass is 16.3. The summed E-state index contributed by atoms with van der Waals surface area (Å²) in [5, 5.41) is 14.7. The average Bonchev–Trinajstić information content (AvgIpc) is 4.01. The first-order valence-electron chi connectivity index (χ1n) is 21.7. The van der Waals surface area contributed by atoms with Gasteiger partial charge in [-0.15, -0.1) is 0 Å². The predicted octanol–water partition coefficient (Wildman–Crippen LogP) is 16.6. The van der Waals surface area contributed by atoms with Crippen molar-refractivity contribution < 1.29 is 4.42 Å². The topological polar surface area (TPSA) is 23.0 Å². The second kappa shape index (κ2) is 13.1. The summed E-state index contributed by atoms with van der Waals surface area (Å²) in [4.78, 5) is 0. The van der Waals surface area contributed by atoms with Crippen LogP contribution in [0.5, 0.6) is 0 Å². The molecule has 0 unspecified atom stereocenters. The van der Waals surface area contributed by atoms with Gasteiger partial charge in [0.25, 0.3) is 0 Å². The molecule has 0 saturated carbocycles. The minimum Gasteiger partial charge on any atom is -0.455 e. The number of furan rings is 1. The second-order valence-electron chi connectivity index (χ2n) is 16.8. The van der Waals surface area contributed by atoms with E-state index in [1.165, 1.54) is 98.3 Å². The van der Waals surface area contributed by atoms with Gasteiger partial charge in [0.15, 0.2) is 0 Å². The first-order valence-corrected chi connectivity index (χ1v) is 21.7. The van der Waals surface area contributed by atoms with Crippen molar-refractivity contribution in [3.8, 4) is 33.6 Å². The van der Waals surface area contributed by atoms with Gasteiger partial charge in [-0.3, -0.25) is 0 Å². The quantitative estimate of drug-likeness (QED) is 0.163. The largest absolute Gasteiger partial charge is 0.455 e. The average molecular weight is 801 g/mol. The molecule has 0 spiro atoms. The number of para-hydroxylation sites is 5. The molecule has 0 atom stereocenters. The molecular weight excluding hydrogens is 765 g/mol. The zero-order valence-corrected chi connectivity index (χ0v) is 34.1. The van der Waals surface area contributed by atoms with Crippen molar-refractivity contribution in [1.29, 1.82) is 0 Å². The molecule has 0 fully saturated rings. The zero-order chi connectivity index (χ0) is 41.2. The summed E-state index contributed by atoms with van der Waals surface area (Å²) in [7, 11) is 0. The Morgan fingerprint density at radius 1 is 0.270 bits per heavy atom. The summed E-state index contributed by atoms with van der Waals surface area (Å²) in [6.45, 7) is 0. The van der Waals surface area contributed by atoms with Crippen molar-refractivity contribution in [3.05, 3.63) is 218 Å². The summed E-state index contributed by atoms with van der Waals surface area (Å²) in [6, 6.07) is 79.8. The Balaban J connectivity index is 0.992. The van der Waals surface area contributed by atoms with E-state index in [4.69, 9.17) is 4.42 Å². The Labute approximate surface area is 361 Å². The summed E-state index contributed by atoms with van der Waals surface area (Å²) in [6.07, 6.45) is 0. The number of benzene rings is 11. The molecule has 0 aliphatic heterocycles. The molecule has 63 heavy (non-hydrogen) atoms. The molecule has 0 radical (unpaired) electrons. The van der Waals surface area contributed by atoms with Crippen LogP contribution in [0.2, 0.25) is 0 Å². The molecule has 3 nitrogen and oxygen atoms in total. The van der Waals surface area contributed by atoms with Crippen LogP contribution in [0.4, 0.5) is 0 Å². The number of aromatic nitrogens is 2. The van der Waals surface area contributed by atoms with Gasteiger partial charge in [0.2, 0.25) is 0 Å². The van der Waals surface area contributed by atoms with Crippen molar-refractivity contribution >= 4 is 97.9 Å². The van der Waals surface area contributed by atoms with E-state index < -0.39 is 0 Å². The lowest BCUT2D eigenvalue weighted by atomic mass is 9.89. The van der Waals surface area contributed by atoms with Gasteiger partial charge in [-0.2, -0.15) is 0 Å². The van der Waals surface area contributed by atoms with E-state index in [1.54, 1.807) is 0 Å². The third-order valence-corrected chi connectivity index (χ3v) is 13.5. The normalized spacial score (nSPS) is 12.1. The number of rotatable bonds is 4. The predicted molar refractivity (Wildman–Crippen MR) is 266 cm³/mol. The third kappa shape index (κ3) is 4.90. The highest BCUT2D eigenvalue weighted by Gasteiger charge is 2.20. The van der Waals surface area contributed by atoms with Crippen LogP contribution in [0.25, 0.3) is 131 Å². The maximum Gasteiger partial charge on any atom is 0.143 e. The minimum atomic E-state index is 0.906. The minimum absolute atomic E-state index is 0.906. The highest BCUT2D eigenvalue weighted by Crippen LogP contribution is 2.45. The first-order chi connectivity index (χ1) is 31.3. The van der Waals surface area contributed by atoms with Crippen molar-refractivity contribution in [1.82, 2.24) is 9.13 Å². The van der Waals surface area contributed by atoms with Gasteiger partial charge in [-0.05, 0) is 116 Å². The summed E-state index contributed by atoms with van der Waals surface area (Å²) in [5.74, 6) is 0. The highest BCUT2D eigenvalue weighted by molar-refractivity contribution is 6.29. The van der Waals surface area contributed by atoms with Gasteiger partial charge in [0.05, 0.1) is 22.1 Å². The fraction of sp³-hybridized carbons (Fsp3) is 0. The number of fused-ring (bicyclic) bond motifs is 15. The molecule has 0 amide bonds. The van der Waals surface area contributed by atoms with Crippen LogP contribution in [0, 0.1) is 0 Å². The molecule has 11 aromatic carbocycles. The molecule has 0 saturated heterocycles. The molecule has 292 valence electrons. The first kappa shape index (κ1) is 34.3. The zero-order valence-electron chi connectivity index (χ0n) is 34.1. The maximum atomic E-state index is 6.66. The molecule has 0 bridgehead atoms. The van der Waals surface area contributed by atoms with Crippen LogP contribution in [0.15, 0.2) is 223 Å². The van der Waals surface area contributed by atoms with Gasteiger partial charge < -0.3 is 13.6 Å². The van der Waals surface area contributed by atoms with E-state index in [0.29, 0.717) is 0 Å². The molecule has 0 aliphatic rings. The Morgan fingerprint density at radius 2 is 0.778 bits per heavy atom. The molecular formula is C60H36N2O. The molecule has 3 heterocycles. The summed E-state index contributed by atoms with van der Waals surface area (Å²) in [5.41, 5.74) is 13.6. The van der Waals surface area contributed by atoms with Crippen molar-refractivity contribution in [2.24, 2.45) is 0 Å². The Kier molecular flexibility index (Phi) is 7.11. The Morgan fingerprint density at radius 3 is 1.48 bits per heavy atom. The smallest absolute Gasteiger partial charge is 0.143 e. The van der Waals surface area contributed by atoms with Crippen LogP contribution in [-0.2, 0) is 0 Å². The summed E-state index contributed by atoms with van der Waals surface area (Å²) >= 11 is 0. The van der Waals surface area contributed by atoms with Crippen LogP contribution in [-0.4, -0.2) is 9.13 Å². The molecule has 14 aromatic rings. The van der Waals surface area contributed by atoms with Crippen molar-refractivity contribution in [2.75, 3.05) is 0 Å². The van der Waals surface area contributed by atoms with Crippen LogP contribution in [0.3, 0.4) is 0 Å². The molecule has 0 N–H and O–H groups in total. The van der Waals surface area contributed by atoms with E-state index in [2.05, 4.69) is 221 Å². The fourth-order valence-electron chi connectivity index (χ4n) is 10.8. The van der Waals surface area contributed by atoms with Gasteiger partial charge in [0, 0.05) is 49.3 Å². The van der Waals surface area contributed by atoms with E-state index >= 15 is 0 Å². The Bertz CT molecular complexity index is 4200. The van der Waals surface area contributed by atoms with Crippen molar-refractivity contribution in [3.63, 3.8) is 0 Å². The summed E-state index contributed by atoms with van der Waals surface area (Å²) < 4.78 is 11.5. The second-order valence-corrected chi connectivity index (χ2v) is 16.8. The lowest BCUT2D eigenvalue weighted by Crippen LogP contribution is -1.95. The molecule has 0 aliphatic carbocycles. The fourth-order valence-corrected chi connectivity index (χ4v) is 10.8. The van der Waals surface area contributed by atoms with Gasteiger partial charge in [-0.1, -0.05) is 152 Å². The lowest BCUT2D eigenvalue weighted by molar-refractivity contribution is 0.670. The standard InChI is InChI=1S/C60H36N2O/c1-2-14-39(15-3-1)61-54-25-9-6-18-44(54)51-34-37(28-32-56(51)61)38-29-33-57-52(35-38)45-19-7-10-26-55(45)62(57)40-30-31-43-41-16-4-5-17-42(41)47-21-12-22-48(59(47)53(43)36-40)50-24-13-23-49-46-20-8-11-27-58(46)63-60(49)50/h1-36H. The maximum absolute atomic E-state index is 6.66. The van der Waals surface area contributed by atoms with Crippen LogP contribution in [0.1, 0.15) is 0 Å². The SMILES string of the molecule is c1ccc(-n2c3ccccc3c3cc(-c4ccc5c(c4)c4ccccc4n5-c4ccc5c6ccccc6c6cccc(-c7cccc8c7oc7ccccc78)c6c5c4)ccc32)cc1. The number of hydrogen-bond acceptors (Lipinski definition) is 1. The van der Waals surface area contributed by atoms with Gasteiger partial charge in [0.1, 0.15) is 11.2 Å². The van der Waals surface area contributed by atoms with Gasteiger partial charge >= 0.3 is 0 Å². The number of nitrogens with zero attached hydrogens (tertiary/aromatic N) is 2. The van der Waals surface area contributed by atoms with Crippen LogP contribution >= 0.6 is 0 Å². The van der Waals surface area contributed by atoms with E-state index in [1.807, 2.05) is 6.07 Å². The number of hydrogen-bond donors (Lipinski definition) is 0. The van der Waals surface area contributed by atoms with Gasteiger partial charge in [-0.25, -0.2) is 0 Å². The van der Waals surface area contributed by atoms with Crippen LogP contribution < -0.4 is 0 Å². The third-order valence-electron chi connectivity index (χ3n) is 13.5. The Hall–Kier alpha value is -8.40.